The molecule has 10 nitrogen and oxygen atoms in total. The molecular formula is C36H53N3O7S3. The zero-order valence-electron chi connectivity index (χ0n) is 29.9. The van der Waals surface area contributed by atoms with E-state index >= 15 is 0 Å². The van der Waals surface area contributed by atoms with E-state index in [9.17, 15) is 14.7 Å². The summed E-state index contributed by atoms with van der Waals surface area (Å²) < 4.78 is 18.4. The molecular weight excluding hydrogens is 683 g/mol. The summed E-state index contributed by atoms with van der Waals surface area (Å²) in [5.74, 6) is 8.79. The van der Waals surface area contributed by atoms with Gasteiger partial charge in [0.2, 0.25) is 5.91 Å². The van der Waals surface area contributed by atoms with Crippen molar-refractivity contribution in [3.63, 3.8) is 0 Å². The number of hydroxylamine groups is 1. The molecule has 2 saturated heterocycles. The number of nitrogens with zero attached hydrogens (tertiary/aromatic N) is 1. The van der Waals surface area contributed by atoms with Crippen molar-refractivity contribution in [2.75, 3.05) is 26.1 Å². The van der Waals surface area contributed by atoms with Crippen LogP contribution in [0.1, 0.15) is 66.7 Å². The van der Waals surface area contributed by atoms with E-state index in [1.54, 1.807) is 52.3 Å². The maximum absolute atomic E-state index is 13.1. The number of carbonyl (C=O) groups is 2. The number of nitrogens with two attached hydrogens (primary N) is 1. The Morgan fingerprint density at radius 1 is 1.20 bits per heavy atom. The van der Waals surface area contributed by atoms with Crippen molar-refractivity contribution >= 4 is 45.0 Å². The van der Waals surface area contributed by atoms with Crippen molar-refractivity contribution in [1.82, 2.24) is 10.4 Å². The molecule has 3 rings (SSSR count). The van der Waals surface area contributed by atoms with E-state index in [0.29, 0.717) is 23.0 Å². The van der Waals surface area contributed by atoms with Gasteiger partial charge in [0, 0.05) is 61.1 Å². The highest BCUT2D eigenvalue weighted by Crippen LogP contribution is 2.40. The summed E-state index contributed by atoms with van der Waals surface area (Å²) in [5, 5.41) is 11.6. The van der Waals surface area contributed by atoms with Gasteiger partial charge in [-0.05, 0) is 64.0 Å². The molecule has 4 N–H and O–H groups in total. The normalized spacial score (nSPS) is 30.9. The fourth-order valence-corrected chi connectivity index (χ4v) is 9.04. The molecule has 1 amide bonds. The van der Waals surface area contributed by atoms with Crippen LogP contribution in [0.5, 0.6) is 0 Å². The van der Waals surface area contributed by atoms with Crippen molar-refractivity contribution in [3.05, 3.63) is 35.1 Å². The average molecular weight is 736 g/mol. The maximum atomic E-state index is 13.1. The molecule has 6 unspecified atom stereocenters. The van der Waals surface area contributed by atoms with Gasteiger partial charge in [-0.1, -0.05) is 52.3 Å². The third-order valence-electron chi connectivity index (χ3n) is 8.62. The van der Waals surface area contributed by atoms with Crippen LogP contribution in [0.15, 0.2) is 35.1 Å². The number of aliphatic hydroxyl groups excluding tert-OH is 1. The van der Waals surface area contributed by atoms with Gasteiger partial charge < -0.3 is 30.0 Å². The molecule has 0 aromatic rings. The number of carbonyl (C=O) groups excluding carboxylic acids is 2. The predicted molar refractivity (Wildman–Crippen MR) is 200 cm³/mol. The van der Waals surface area contributed by atoms with Crippen molar-refractivity contribution < 1.29 is 33.7 Å². The molecule has 272 valence electrons. The summed E-state index contributed by atoms with van der Waals surface area (Å²) in [7, 11) is 6.78. The molecule has 1 aliphatic carbocycles. The van der Waals surface area contributed by atoms with E-state index in [-0.39, 0.29) is 47.0 Å². The van der Waals surface area contributed by atoms with Gasteiger partial charge in [-0.15, -0.1) is 6.42 Å². The van der Waals surface area contributed by atoms with Crippen LogP contribution in [0.25, 0.3) is 0 Å². The first-order chi connectivity index (χ1) is 23.2. The number of ketones is 1. The van der Waals surface area contributed by atoms with Crippen LogP contribution in [-0.2, 0) is 28.6 Å². The largest absolute Gasteiger partial charge is 0.396 e. The van der Waals surface area contributed by atoms with Crippen molar-refractivity contribution in [1.29, 1.82) is 0 Å². The van der Waals surface area contributed by atoms with Gasteiger partial charge in [-0.25, -0.2) is 0 Å². The van der Waals surface area contributed by atoms with Crippen LogP contribution in [-0.4, -0.2) is 101 Å². The fraction of sp³-hybridized carbons (Fsp3) is 0.667. The number of thioether (sulfide) groups is 1. The molecule has 0 radical (unpaired) electrons. The Bertz CT molecular complexity index is 1340. The number of hydrogen-bond donors (Lipinski definition) is 3. The predicted octanol–water partition coefficient (Wildman–Crippen LogP) is 4.59. The van der Waals surface area contributed by atoms with Crippen molar-refractivity contribution in [2.45, 2.75) is 120 Å². The topological polar surface area (TPSA) is 133 Å². The Morgan fingerprint density at radius 3 is 2.55 bits per heavy atom. The lowest BCUT2D eigenvalue weighted by Gasteiger charge is -2.40. The van der Waals surface area contributed by atoms with Gasteiger partial charge in [-0.3, -0.25) is 14.4 Å². The molecule has 2 fully saturated rings. The Morgan fingerprint density at radius 2 is 1.92 bits per heavy atom. The first-order valence-corrected chi connectivity index (χ1v) is 20.2. The van der Waals surface area contributed by atoms with E-state index in [1.165, 1.54) is 12.2 Å². The highest BCUT2D eigenvalue weighted by atomic mass is 33.1. The minimum atomic E-state index is -0.932. The second kappa shape index (κ2) is 19.6. The number of hydrogen-bond acceptors (Lipinski definition) is 12. The summed E-state index contributed by atoms with van der Waals surface area (Å²) in [6.45, 7) is 9.95. The van der Waals surface area contributed by atoms with Crippen LogP contribution >= 0.6 is 33.3 Å². The number of ether oxygens (including phenoxy) is 3. The van der Waals surface area contributed by atoms with E-state index < -0.39 is 36.9 Å². The lowest BCUT2D eigenvalue weighted by Crippen LogP contribution is -2.56. The summed E-state index contributed by atoms with van der Waals surface area (Å²) in [6, 6.07) is -0.525. The van der Waals surface area contributed by atoms with Crippen LogP contribution < -0.4 is 11.2 Å². The molecule has 2 heterocycles. The van der Waals surface area contributed by atoms with E-state index in [1.807, 2.05) is 34.6 Å². The zero-order valence-corrected chi connectivity index (χ0v) is 32.3. The number of nitrogens with one attached hydrogen (secondary N) is 1. The molecule has 49 heavy (non-hydrogen) atoms. The maximum Gasteiger partial charge on any atom is 0.223 e. The molecule has 13 heteroatoms. The third-order valence-corrected chi connectivity index (χ3v) is 13.0. The average Bonchev–Trinajstić information content (AvgIpc) is 3.02. The fourth-order valence-electron chi connectivity index (χ4n) is 5.86. The molecule has 0 bridgehead atoms. The highest BCUT2D eigenvalue weighted by molar-refractivity contribution is 8.77. The molecule has 0 spiro atoms. The summed E-state index contributed by atoms with van der Waals surface area (Å²) in [5.41, 5.74) is 10.9. The Kier molecular flexibility index (Phi) is 16.6. The van der Waals surface area contributed by atoms with E-state index in [2.05, 4.69) is 35.6 Å². The summed E-state index contributed by atoms with van der Waals surface area (Å²) in [6.07, 6.45) is 11.5. The number of amides is 1. The van der Waals surface area contributed by atoms with Crippen molar-refractivity contribution in [3.8, 4) is 24.2 Å². The number of rotatable bonds is 13. The molecule has 9 atom stereocenters. The first kappa shape index (κ1) is 41.5. The van der Waals surface area contributed by atoms with Crippen LogP contribution in [0.4, 0.5) is 0 Å². The van der Waals surface area contributed by atoms with E-state index in [0.717, 1.165) is 18.4 Å². The quantitative estimate of drug-likeness (QED) is 0.106. The van der Waals surface area contributed by atoms with Gasteiger partial charge in [0.1, 0.15) is 6.10 Å². The number of aliphatic hydroxyl groups is 1. The Labute approximate surface area is 304 Å². The molecule has 0 saturated carbocycles. The van der Waals surface area contributed by atoms with Crippen LogP contribution in [0.3, 0.4) is 0 Å². The van der Waals surface area contributed by atoms with Crippen molar-refractivity contribution in [2.24, 2.45) is 11.7 Å². The molecule has 0 aromatic carbocycles. The third kappa shape index (κ3) is 12.4. The number of allylic oxidation sites excluding steroid dienone is 3. The van der Waals surface area contributed by atoms with Gasteiger partial charge in [0.05, 0.1) is 30.1 Å². The minimum Gasteiger partial charge on any atom is -0.396 e. The molecule has 3 aliphatic rings. The number of terminal acetylenes is 1. The summed E-state index contributed by atoms with van der Waals surface area (Å²) in [4.78, 5) is 32.8. The van der Waals surface area contributed by atoms with E-state index in [4.69, 9.17) is 31.2 Å². The summed E-state index contributed by atoms with van der Waals surface area (Å²) >= 11 is 1.79. The minimum absolute atomic E-state index is 0.0600. The SMILES string of the molecule is C#C/C=C\C#C[C@H](OC1CC(O)[C@H](NOC2CC[C@H](SC)C(C)O2)C(C)O1)C1=C(N)C(=O)CC(C)/C1=C/CSSC(C)(C)CC(=O)N(C)C. The molecule has 0 aromatic heterocycles. The standard InChI is InChI=1S/C36H53N3O7S3/c1-10-11-12-13-14-28(45-32-20-27(41)35(24(4)44-32)38-46-31-16-15-29(47-9)23(3)43-31)33-25(22(2)19-26(40)34(33)37)17-18-48-49-36(5,6)21-30(42)39(7)8/h1,11-12,17,22-24,27-29,31-32,35,38,41H,15-16,18-21,37H2,2-9H3/b12-11-,25-17-/t22?,23?,24?,27?,28-,29-,31?,32?,35+/m0/s1. The first-order valence-electron chi connectivity index (χ1n) is 16.6. The van der Waals surface area contributed by atoms with Gasteiger partial charge in [-0.2, -0.15) is 17.2 Å². The second-order valence-electron chi connectivity index (χ2n) is 13.4. The lowest BCUT2D eigenvalue weighted by atomic mass is 9.80. The monoisotopic (exact) mass is 735 g/mol. The van der Waals surface area contributed by atoms with Gasteiger partial charge in [0.15, 0.2) is 18.4 Å². The smallest absolute Gasteiger partial charge is 0.223 e. The van der Waals surface area contributed by atoms with Crippen LogP contribution in [0, 0.1) is 30.1 Å². The second-order valence-corrected chi connectivity index (χ2v) is 17.5. The van der Waals surface area contributed by atoms with Gasteiger partial charge in [0.25, 0.3) is 0 Å². The van der Waals surface area contributed by atoms with Crippen LogP contribution in [0.2, 0.25) is 0 Å². The zero-order chi connectivity index (χ0) is 36.3. The van der Waals surface area contributed by atoms with Gasteiger partial charge >= 0.3 is 0 Å². The Hall–Kier alpha value is -1.91. The Balaban J connectivity index is 1.75. The molecule has 2 aliphatic heterocycles. The highest BCUT2D eigenvalue weighted by Gasteiger charge is 2.40. The number of Topliss-reactive ketones (excluding diaryl/α,β-unsaturated/α-hetero) is 1. The lowest BCUT2D eigenvalue weighted by molar-refractivity contribution is -0.266.